The van der Waals surface area contributed by atoms with Crippen LogP contribution in [0.15, 0.2) is 24.3 Å². The first-order chi connectivity index (χ1) is 11.6. The van der Waals surface area contributed by atoms with Crippen LogP contribution in [0.3, 0.4) is 0 Å². The minimum absolute atomic E-state index is 0.0240. The molecule has 1 aromatic carbocycles. The van der Waals surface area contributed by atoms with Gasteiger partial charge in [-0.1, -0.05) is 12.1 Å². The molecule has 0 spiro atoms. The van der Waals surface area contributed by atoms with Crippen LogP contribution >= 0.6 is 7.75 Å². The smallest absolute Gasteiger partial charge is 0.440 e. The summed E-state index contributed by atoms with van der Waals surface area (Å²) in [7, 11) is -2.26. The van der Waals surface area contributed by atoms with E-state index < -0.39 is 19.4 Å². The Labute approximate surface area is 149 Å². The molecule has 8 heteroatoms. The minimum Gasteiger partial charge on any atom is -0.497 e. The zero-order valence-electron chi connectivity index (χ0n) is 15.8. The molecular weight excluding hydrogens is 345 g/mol. The normalized spacial score (nSPS) is 11.9. The summed E-state index contributed by atoms with van der Waals surface area (Å²) in [5.74, 6) is 0.686. The van der Waals surface area contributed by atoms with Gasteiger partial charge in [-0.25, -0.2) is 14.0 Å². The molecule has 1 amide bonds. The first kappa shape index (κ1) is 21.5. The number of carbonyl (C=O) groups excluding carboxylic acids is 1. The lowest BCUT2D eigenvalue weighted by atomic mass is 10.2. The van der Waals surface area contributed by atoms with Crippen molar-refractivity contribution in [3.05, 3.63) is 29.8 Å². The number of amides is 1. The molecule has 0 aromatic heterocycles. The van der Waals surface area contributed by atoms with Gasteiger partial charge >= 0.3 is 13.8 Å². The van der Waals surface area contributed by atoms with Crippen molar-refractivity contribution in [1.29, 1.82) is 0 Å². The van der Waals surface area contributed by atoms with Crippen LogP contribution < -0.4 is 4.74 Å². The van der Waals surface area contributed by atoms with Gasteiger partial charge in [0.1, 0.15) is 11.4 Å². The lowest BCUT2D eigenvalue weighted by Gasteiger charge is -2.31. The predicted octanol–water partition coefficient (Wildman–Crippen LogP) is 4.61. The Morgan fingerprint density at radius 2 is 1.60 bits per heavy atom. The monoisotopic (exact) mass is 373 g/mol. The highest BCUT2D eigenvalue weighted by Crippen LogP contribution is 2.53. The van der Waals surface area contributed by atoms with Crippen molar-refractivity contribution in [2.75, 3.05) is 20.3 Å². The highest BCUT2D eigenvalue weighted by atomic mass is 31.2. The summed E-state index contributed by atoms with van der Waals surface area (Å²) >= 11 is 0. The molecule has 1 rings (SSSR count). The third-order valence-electron chi connectivity index (χ3n) is 2.98. The third kappa shape index (κ3) is 6.69. The van der Waals surface area contributed by atoms with E-state index in [1.54, 1.807) is 66.0 Å². The van der Waals surface area contributed by atoms with Crippen LogP contribution in [-0.2, 0) is 24.9 Å². The molecule has 25 heavy (non-hydrogen) atoms. The van der Waals surface area contributed by atoms with E-state index >= 15 is 0 Å². The molecule has 0 saturated heterocycles. The molecule has 0 radical (unpaired) electrons. The molecule has 0 N–H and O–H groups in total. The van der Waals surface area contributed by atoms with Crippen molar-refractivity contribution in [3.8, 4) is 5.75 Å². The summed E-state index contributed by atoms with van der Waals surface area (Å²) in [6.45, 7) is 8.89. The molecule has 0 unspecified atom stereocenters. The predicted molar refractivity (Wildman–Crippen MR) is 95.6 cm³/mol. The van der Waals surface area contributed by atoms with Gasteiger partial charge < -0.3 is 9.47 Å². The molecular formula is C17H28NO6P. The largest absolute Gasteiger partial charge is 0.497 e. The van der Waals surface area contributed by atoms with Crippen LogP contribution in [-0.4, -0.2) is 36.7 Å². The molecule has 0 aliphatic carbocycles. The second-order valence-corrected chi connectivity index (χ2v) is 8.13. The SMILES string of the molecule is CCOP(=O)(OCC)N(Cc1ccc(OC)cc1)C(=O)OC(C)(C)C. The van der Waals surface area contributed by atoms with Crippen LogP contribution in [0.4, 0.5) is 4.79 Å². The minimum atomic E-state index is -3.83. The summed E-state index contributed by atoms with van der Waals surface area (Å²) in [5.41, 5.74) is 0.00434. The fraction of sp³-hybridized carbons (Fsp3) is 0.588. The van der Waals surface area contributed by atoms with Crippen LogP contribution in [0.5, 0.6) is 5.75 Å². The molecule has 0 heterocycles. The van der Waals surface area contributed by atoms with Crippen molar-refractivity contribution in [3.63, 3.8) is 0 Å². The van der Waals surface area contributed by atoms with E-state index in [0.29, 0.717) is 5.75 Å². The Hall–Kier alpha value is -1.56. The molecule has 0 saturated carbocycles. The molecule has 7 nitrogen and oxygen atoms in total. The van der Waals surface area contributed by atoms with Gasteiger partial charge in [0.2, 0.25) is 0 Å². The average Bonchev–Trinajstić information content (AvgIpc) is 2.51. The number of ether oxygens (including phenoxy) is 2. The molecule has 0 bridgehead atoms. The fourth-order valence-electron chi connectivity index (χ4n) is 1.97. The number of methoxy groups -OCH3 is 1. The molecule has 1 aromatic rings. The van der Waals surface area contributed by atoms with E-state index in [4.69, 9.17) is 18.5 Å². The number of carbonyl (C=O) groups is 1. The van der Waals surface area contributed by atoms with Crippen LogP contribution in [0, 0.1) is 0 Å². The number of rotatable bonds is 8. The highest BCUT2D eigenvalue weighted by molar-refractivity contribution is 7.52. The molecule has 0 fully saturated rings. The van der Waals surface area contributed by atoms with Crippen LogP contribution in [0.25, 0.3) is 0 Å². The van der Waals surface area contributed by atoms with Crippen molar-refractivity contribution < 1.29 is 27.9 Å². The van der Waals surface area contributed by atoms with Gasteiger partial charge in [-0.15, -0.1) is 0 Å². The van der Waals surface area contributed by atoms with Gasteiger partial charge in [-0.05, 0) is 52.3 Å². The molecule has 142 valence electrons. The molecule has 0 aliphatic heterocycles. The summed E-state index contributed by atoms with van der Waals surface area (Å²) in [6.07, 6.45) is -0.756. The van der Waals surface area contributed by atoms with Crippen LogP contribution in [0.2, 0.25) is 0 Å². The number of nitrogens with zero attached hydrogens (tertiary/aromatic N) is 1. The summed E-state index contributed by atoms with van der Waals surface area (Å²) in [5, 5.41) is 0. The Balaban J connectivity index is 3.15. The standard InChI is InChI=1S/C17H28NO6P/c1-7-22-25(20,23-8-2)18(16(19)24-17(3,4)5)13-14-9-11-15(21-6)12-10-14/h9-12H,7-8,13H2,1-6H3. The van der Waals surface area contributed by atoms with Gasteiger partial charge in [0.15, 0.2) is 0 Å². The quantitative estimate of drug-likeness (QED) is 0.619. The Morgan fingerprint density at radius 3 is 2.00 bits per heavy atom. The maximum absolute atomic E-state index is 13.1. The van der Waals surface area contributed by atoms with E-state index in [2.05, 4.69) is 0 Å². The first-order valence-corrected chi connectivity index (χ1v) is 9.67. The summed E-state index contributed by atoms with van der Waals surface area (Å²) in [4.78, 5) is 12.6. The van der Waals surface area contributed by atoms with Gasteiger partial charge in [0.05, 0.1) is 26.9 Å². The van der Waals surface area contributed by atoms with E-state index in [1.165, 1.54) is 0 Å². The average molecular weight is 373 g/mol. The Bertz CT molecular complexity index is 586. The topological polar surface area (TPSA) is 74.3 Å². The van der Waals surface area contributed by atoms with Crippen molar-refractivity contribution in [2.24, 2.45) is 0 Å². The second kappa shape index (κ2) is 9.22. The first-order valence-electron chi connectivity index (χ1n) is 8.18. The number of benzene rings is 1. The molecule has 0 atom stereocenters. The van der Waals surface area contributed by atoms with E-state index in [1.807, 2.05) is 0 Å². The lowest BCUT2D eigenvalue weighted by molar-refractivity contribution is 0.0306. The van der Waals surface area contributed by atoms with Crippen molar-refractivity contribution >= 4 is 13.8 Å². The van der Waals surface area contributed by atoms with Crippen molar-refractivity contribution in [1.82, 2.24) is 4.67 Å². The van der Waals surface area contributed by atoms with Gasteiger partial charge in [0, 0.05) is 0 Å². The fourth-order valence-corrected chi connectivity index (χ4v) is 3.56. The zero-order valence-corrected chi connectivity index (χ0v) is 16.7. The van der Waals surface area contributed by atoms with E-state index in [0.717, 1.165) is 10.2 Å². The van der Waals surface area contributed by atoms with E-state index in [9.17, 15) is 9.36 Å². The van der Waals surface area contributed by atoms with Gasteiger partial charge in [-0.3, -0.25) is 9.05 Å². The molecule has 0 aliphatic rings. The van der Waals surface area contributed by atoms with Crippen LogP contribution in [0.1, 0.15) is 40.2 Å². The third-order valence-corrected chi connectivity index (χ3v) is 5.04. The Morgan fingerprint density at radius 1 is 1.08 bits per heavy atom. The maximum atomic E-state index is 13.1. The summed E-state index contributed by atoms with van der Waals surface area (Å²) in [6, 6.07) is 7.07. The lowest BCUT2D eigenvalue weighted by Crippen LogP contribution is -2.35. The maximum Gasteiger partial charge on any atom is 0.440 e. The van der Waals surface area contributed by atoms with E-state index in [-0.39, 0.29) is 19.8 Å². The summed E-state index contributed by atoms with van der Waals surface area (Å²) < 4.78 is 35.3. The zero-order chi connectivity index (χ0) is 19.1. The highest BCUT2D eigenvalue weighted by Gasteiger charge is 2.39. The number of hydrogen-bond acceptors (Lipinski definition) is 6. The van der Waals surface area contributed by atoms with Gasteiger partial charge in [-0.2, -0.15) is 0 Å². The number of hydrogen-bond donors (Lipinski definition) is 0. The Kier molecular flexibility index (Phi) is 7.93. The van der Waals surface area contributed by atoms with Gasteiger partial charge in [0.25, 0.3) is 0 Å². The van der Waals surface area contributed by atoms with Crippen molar-refractivity contribution in [2.45, 2.75) is 46.8 Å². The second-order valence-electron chi connectivity index (χ2n) is 6.19.